The van der Waals surface area contributed by atoms with Gasteiger partial charge in [-0.3, -0.25) is 19.8 Å². The van der Waals surface area contributed by atoms with Crippen molar-refractivity contribution >= 4 is 35.7 Å². The molecule has 40 heavy (non-hydrogen) atoms. The second-order valence-corrected chi connectivity index (χ2v) is 8.95. The molecule has 1 amide bonds. The molecule has 0 radical (unpaired) electrons. The fraction of sp³-hybridized carbons (Fsp3) is 0.367. The van der Waals surface area contributed by atoms with Gasteiger partial charge in [0, 0.05) is 17.7 Å². The van der Waals surface area contributed by atoms with Gasteiger partial charge < -0.3 is 24.8 Å². The predicted octanol–water partition coefficient (Wildman–Crippen LogP) is 4.11. The summed E-state index contributed by atoms with van der Waals surface area (Å²) in [5, 5.41) is 7.43. The molecule has 0 fully saturated rings. The number of nitrogens with one attached hydrogen (secondary N) is 1. The summed E-state index contributed by atoms with van der Waals surface area (Å²) in [5.74, 6) is -1.64. The average Bonchev–Trinajstić information content (AvgIpc) is 2.92. The average molecular weight is 552 g/mol. The number of hydrogen-bond acceptors (Lipinski definition) is 8. The second-order valence-electron chi connectivity index (χ2n) is 8.95. The summed E-state index contributed by atoms with van der Waals surface area (Å²) in [7, 11) is 0. The number of carbonyl (C=O) groups is 4. The first-order chi connectivity index (χ1) is 19.1. The van der Waals surface area contributed by atoms with E-state index in [1.165, 1.54) is 4.90 Å². The minimum Gasteiger partial charge on any atom is -0.466 e. The number of nitrogen functional groups attached to an aromatic ring is 1. The topological polar surface area (TPSA) is 149 Å². The quantitative estimate of drug-likeness (QED) is 0.117. The molecule has 0 atom stereocenters. The van der Waals surface area contributed by atoms with E-state index in [0.29, 0.717) is 41.0 Å². The molecule has 0 heterocycles. The van der Waals surface area contributed by atoms with Gasteiger partial charge in [-0.25, -0.2) is 4.79 Å². The largest absolute Gasteiger partial charge is 0.466 e. The third-order valence-corrected chi connectivity index (χ3v) is 5.82. The van der Waals surface area contributed by atoms with E-state index >= 15 is 0 Å². The van der Waals surface area contributed by atoms with Gasteiger partial charge in [0.25, 0.3) is 0 Å². The van der Waals surface area contributed by atoms with Crippen LogP contribution in [0, 0.1) is 5.41 Å². The number of nitrogens with two attached hydrogens (primary N) is 1. The van der Waals surface area contributed by atoms with Crippen LogP contribution in [0.3, 0.4) is 0 Å². The Morgan fingerprint density at radius 2 is 1.40 bits per heavy atom. The Bertz CT molecular complexity index is 1200. The maximum Gasteiger partial charge on any atom is 0.343 e. The molecular formula is C30H37N3O7. The highest BCUT2D eigenvalue weighted by Crippen LogP contribution is 2.19. The number of ether oxygens (including phenoxy) is 3. The van der Waals surface area contributed by atoms with E-state index in [1.807, 2.05) is 6.92 Å². The van der Waals surface area contributed by atoms with Gasteiger partial charge in [-0.2, -0.15) is 0 Å². The molecule has 0 spiro atoms. The molecule has 0 aliphatic rings. The van der Waals surface area contributed by atoms with Crippen molar-refractivity contribution in [1.29, 1.82) is 5.41 Å². The number of amides is 1. The maximum absolute atomic E-state index is 13.5. The summed E-state index contributed by atoms with van der Waals surface area (Å²) in [6, 6.07) is 12.1. The van der Waals surface area contributed by atoms with Crippen LogP contribution in [0.4, 0.5) is 0 Å². The SMILES string of the molecule is CCCN(C(=O)C(C)=Cc1ccc(C(=O)Oc2ccc(C(=N)N)cc2)cc1)C(CC(=O)OCC)CC(=O)OCC. The lowest BCUT2D eigenvalue weighted by Crippen LogP contribution is -2.44. The van der Waals surface area contributed by atoms with Crippen LogP contribution >= 0.6 is 0 Å². The van der Waals surface area contributed by atoms with E-state index in [-0.39, 0.29) is 37.8 Å². The Labute approximate surface area is 234 Å². The molecule has 214 valence electrons. The van der Waals surface area contributed by atoms with Crippen molar-refractivity contribution in [3.63, 3.8) is 0 Å². The van der Waals surface area contributed by atoms with Crippen LogP contribution in [-0.2, 0) is 23.9 Å². The Balaban J connectivity index is 2.18. The van der Waals surface area contributed by atoms with Crippen molar-refractivity contribution in [1.82, 2.24) is 4.90 Å². The Kier molecular flexibility index (Phi) is 12.6. The number of amidine groups is 1. The number of carbonyl (C=O) groups excluding carboxylic acids is 4. The van der Waals surface area contributed by atoms with Gasteiger partial charge in [0.05, 0.1) is 37.7 Å². The highest BCUT2D eigenvalue weighted by atomic mass is 16.5. The molecule has 2 aromatic rings. The molecule has 10 nitrogen and oxygen atoms in total. The first kappa shape index (κ1) is 31.7. The lowest BCUT2D eigenvalue weighted by atomic mass is 10.0. The molecule has 0 aromatic heterocycles. The molecule has 0 bridgehead atoms. The lowest BCUT2D eigenvalue weighted by molar-refractivity contribution is -0.148. The van der Waals surface area contributed by atoms with Crippen molar-refractivity contribution in [3.05, 3.63) is 70.8 Å². The third-order valence-electron chi connectivity index (χ3n) is 5.82. The van der Waals surface area contributed by atoms with E-state index in [4.69, 9.17) is 25.4 Å². The van der Waals surface area contributed by atoms with Gasteiger partial charge in [-0.1, -0.05) is 19.1 Å². The highest BCUT2D eigenvalue weighted by molar-refractivity contribution is 5.98. The molecule has 0 aliphatic heterocycles. The molecule has 0 saturated carbocycles. The smallest absolute Gasteiger partial charge is 0.343 e. The minimum absolute atomic E-state index is 0.0818. The van der Waals surface area contributed by atoms with Crippen molar-refractivity contribution < 1.29 is 33.4 Å². The van der Waals surface area contributed by atoms with Crippen molar-refractivity contribution in [2.45, 2.75) is 53.0 Å². The molecule has 2 rings (SSSR count). The molecule has 2 aromatic carbocycles. The van der Waals surface area contributed by atoms with Crippen LogP contribution in [0.2, 0.25) is 0 Å². The zero-order valence-electron chi connectivity index (χ0n) is 23.4. The molecule has 10 heteroatoms. The highest BCUT2D eigenvalue weighted by Gasteiger charge is 2.29. The van der Waals surface area contributed by atoms with Crippen molar-refractivity contribution in [2.24, 2.45) is 5.73 Å². The van der Waals surface area contributed by atoms with E-state index in [0.717, 1.165) is 0 Å². The van der Waals surface area contributed by atoms with Crippen LogP contribution < -0.4 is 10.5 Å². The summed E-state index contributed by atoms with van der Waals surface area (Å²) < 4.78 is 15.5. The van der Waals surface area contributed by atoms with Crippen LogP contribution in [-0.4, -0.2) is 60.4 Å². The minimum atomic E-state index is -0.712. The Morgan fingerprint density at radius 3 is 1.88 bits per heavy atom. The van der Waals surface area contributed by atoms with Crippen LogP contribution in [0.5, 0.6) is 5.75 Å². The summed E-state index contributed by atoms with van der Waals surface area (Å²) in [5.41, 5.74) is 7.35. The number of nitrogens with zero attached hydrogens (tertiary/aromatic N) is 1. The van der Waals surface area contributed by atoms with Crippen molar-refractivity contribution in [3.8, 4) is 5.75 Å². The van der Waals surface area contributed by atoms with Crippen LogP contribution in [0.25, 0.3) is 6.08 Å². The fourth-order valence-electron chi connectivity index (χ4n) is 3.93. The Morgan fingerprint density at radius 1 is 0.875 bits per heavy atom. The number of hydrogen-bond donors (Lipinski definition) is 2. The van der Waals surface area contributed by atoms with Gasteiger partial charge in [0.15, 0.2) is 0 Å². The molecule has 3 N–H and O–H groups in total. The Hall–Kier alpha value is -4.47. The monoisotopic (exact) mass is 551 g/mol. The number of benzene rings is 2. The third kappa shape index (κ3) is 9.68. The van der Waals surface area contributed by atoms with Gasteiger partial charge in [0.1, 0.15) is 11.6 Å². The molecule has 0 unspecified atom stereocenters. The van der Waals surface area contributed by atoms with E-state index < -0.39 is 23.9 Å². The van der Waals surface area contributed by atoms with Crippen LogP contribution in [0.15, 0.2) is 54.1 Å². The lowest BCUT2D eigenvalue weighted by Gasteiger charge is -2.31. The first-order valence-electron chi connectivity index (χ1n) is 13.2. The van der Waals surface area contributed by atoms with Gasteiger partial charge in [-0.05, 0) is 75.2 Å². The van der Waals surface area contributed by atoms with E-state index in [2.05, 4.69) is 0 Å². The van der Waals surface area contributed by atoms with Gasteiger partial charge in [-0.15, -0.1) is 0 Å². The zero-order valence-corrected chi connectivity index (χ0v) is 23.4. The summed E-state index contributed by atoms with van der Waals surface area (Å²) in [6.07, 6.45) is 2.04. The molecule has 0 saturated heterocycles. The molecule has 0 aliphatic carbocycles. The summed E-state index contributed by atoms with van der Waals surface area (Å²) in [6.45, 7) is 7.67. The zero-order chi connectivity index (χ0) is 29.7. The maximum atomic E-state index is 13.5. The van der Waals surface area contributed by atoms with Gasteiger partial charge >= 0.3 is 17.9 Å². The summed E-state index contributed by atoms with van der Waals surface area (Å²) >= 11 is 0. The number of rotatable bonds is 14. The molecular weight excluding hydrogens is 514 g/mol. The number of esters is 3. The fourth-order valence-corrected chi connectivity index (χ4v) is 3.93. The van der Waals surface area contributed by atoms with E-state index in [1.54, 1.807) is 75.4 Å². The van der Waals surface area contributed by atoms with E-state index in [9.17, 15) is 19.2 Å². The van der Waals surface area contributed by atoms with Gasteiger partial charge in [0.2, 0.25) is 5.91 Å². The second kappa shape index (κ2) is 15.8. The standard InChI is InChI=1S/C30H37N3O7/c1-5-16-33(24(18-26(34)38-6-2)19-27(35)39-7-3)29(36)20(4)17-21-8-10-23(11-9-21)30(37)40-25-14-12-22(13-15-25)28(31)32/h8-15,17,24H,5-7,16,18-19H2,1-4H3,(H3,31,32). The normalized spacial score (nSPS) is 11.1. The first-order valence-corrected chi connectivity index (χ1v) is 13.2. The van der Waals surface area contributed by atoms with Crippen LogP contribution in [0.1, 0.15) is 68.4 Å². The summed E-state index contributed by atoms with van der Waals surface area (Å²) in [4.78, 5) is 52.0. The predicted molar refractivity (Wildman–Crippen MR) is 151 cm³/mol. The van der Waals surface area contributed by atoms with Crippen molar-refractivity contribution in [2.75, 3.05) is 19.8 Å².